The standard InChI is InChI=1S/C15H21N3/c1-12(9-13-10-17-18(3)11-13)15(16-2)14-7-5-4-6-8-14/h4-8,10-12,15-16H,9H2,1-3H3. The minimum absolute atomic E-state index is 0.381. The fraction of sp³-hybridized carbons (Fsp3) is 0.400. The highest BCUT2D eigenvalue weighted by Crippen LogP contribution is 2.24. The molecule has 0 fully saturated rings. The van der Waals surface area contributed by atoms with Crippen LogP contribution >= 0.6 is 0 Å². The second kappa shape index (κ2) is 5.83. The smallest absolute Gasteiger partial charge is 0.0521 e. The van der Waals surface area contributed by atoms with Crippen LogP contribution in [0, 0.1) is 5.92 Å². The Kier molecular flexibility index (Phi) is 4.15. The molecule has 0 aliphatic carbocycles. The first-order valence-electron chi connectivity index (χ1n) is 6.40. The van der Waals surface area contributed by atoms with E-state index in [4.69, 9.17) is 0 Å². The molecule has 2 rings (SSSR count). The van der Waals surface area contributed by atoms with E-state index in [9.17, 15) is 0 Å². The summed E-state index contributed by atoms with van der Waals surface area (Å²) in [6.45, 7) is 2.28. The Morgan fingerprint density at radius 3 is 2.56 bits per heavy atom. The molecule has 0 spiro atoms. The van der Waals surface area contributed by atoms with E-state index in [1.54, 1.807) is 0 Å². The Hall–Kier alpha value is -1.61. The van der Waals surface area contributed by atoms with Crippen LogP contribution in [0.1, 0.15) is 24.1 Å². The third-order valence-corrected chi connectivity index (χ3v) is 3.35. The average molecular weight is 243 g/mol. The first-order chi connectivity index (χ1) is 8.70. The molecule has 0 amide bonds. The number of aromatic nitrogens is 2. The molecular formula is C15H21N3. The van der Waals surface area contributed by atoms with Gasteiger partial charge >= 0.3 is 0 Å². The van der Waals surface area contributed by atoms with Gasteiger partial charge in [-0.05, 0) is 30.5 Å². The summed E-state index contributed by atoms with van der Waals surface area (Å²) in [7, 11) is 3.98. The monoisotopic (exact) mass is 243 g/mol. The van der Waals surface area contributed by atoms with Gasteiger partial charge in [0.1, 0.15) is 0 Å². The summed E-state index contributed by atoms with van der Waals surface area (Å²) in [6.07, 6.45) is 5.08. The number of aryl methyl sites for hydroxylation is 1. The van der Waals surface area contributed by atoms with E-state index < -0.39 is 0 Å². The summed E-state index contributed by atoms with van der Waals surface area (Å²) in [5.74, 6) is 0.529. The van der Waals surface area contributed by atoms with Gasteiger partial charge in [-0.2, -0.15) is 5.10 Å². The lowest BCUT2D eigenvalue weighted by Crippen LogP contribution is -2.24. The van der Waals surface area contributed by atoms with Crippen LogP contribution in [0.2, 0.25) is 0 Å². The number of nitrogens with zero attached hydrogens (tertiary/aromatic N) is 2. The predicted octanol–water partition coefficient (Wildman–Crippen LogP) is 2.56. The van der Waals surface area contributed by atoms with Gasteiger partial charge in [0.05, 0.1) is 6.20 Å². The normalized spacial score (nSPS) is 14.4. The molecule has 0 aliphatic rings. The van der Waals surface area contributed by atoms with Crippen LogP contribution in [0.15, 0.2) is 42.7 Å². The lowest BCUT2D eigenvalue weighted by molar-refractivity contribution is 0.409. The molecule has 2 unspecified atom stereocenters. The van der Waals surface area contributed by atoms with Crippen LogP contribution in [0.4, 0.5) is 0 Å². The molecule has 0 aliphatic heterocycles. The molecule has 96 valence electrons. The largest absolute Gasteiger partial charge is 0.313 e. The number of hydrogen-bond acceptors (Lipinski definition) is 2. The Labute approximate surface area is 109 Å². The summed E-state index contributed by atoms with van der Waals surface area (Å²) in [5.41, 5.74) is 2.64. The van der Waals surface area contributed by atoms with Gasteiger partial charge in [0.25, 0.3) is 0 Å². The van der Waals surface area contributed by atoms with Gasteiger partial charge in [0, 0.05) is 19.3 Å². The van der Waals surface area contributed by atoms with Crippen molar-refractivity contribution in [1.29, 1.82) is 0 Å². The zero-order chi connectivity index (χ0) is 13.0. The van der Waals surface area contributed by atoms with Crippen molar-refractivity contribution in [2.45, 2.75) is 19.4 Å². The maximum atomic E-state index is 4.22. The topological polar surface area (TPSA) is 29.9 Å². The van der Waals surface area contributed by atoms with Gasteiger partial charge in [-0.1, -0.05) is 37.3 Å². The molecule has 18 heavy (non-hydrogen) atoms. The molecule has 3 heteroatoms. The van der Waals surface area contributed by atoms with Gasteiger partial charge in [0.2, 0.25) is 0 Å². The van der Waals surface area contributed by atoms with Crippen LogP contribution in [0.5, 0.6) is 0 Å². The third-order valence-electron chi connectivity index (χ3n) is 3.35. The molecular weight excluding hydrogens is 222 g/mol. The minimum atomic E-state index is 0.381. The van der Waals surface area contributed by atoms with Gasteiger partial charge < -0.3 is 5.32 Å². The summed E-state index contributed by atoms with van der Waals surface area (Å²) < 4.78 is 1.86. The molecule has 0 bridgehead atoms. The van der Waals surface area contributed by atoms with Gasteiger partial charge in [0.15, 0.2) is 0 Å². The maximum absolute atomic E-state index is 4.22. The van der Waals surface area contributed by atoms with Crippen molar-refractivity contribution in [2.75, 3.05) is 7.05 Å². The molecule has 2 aromatic rings. The van der Waals surface area contributed by atoms with E-state index >= 15 is 0 Å². The molecule has 1 heterocycles. The minimum Gasteiger partial charge on any atom is -0.313 e. The fourth-order valence-electron chi connectivity index (χ4n) is 2.51. The fourth-order valence-corrected chi connectivity index (χ4v) is 2.51. The highest BCUT2D eigenvalue weighted by Gasteiger charge is 2.18. The highest BCUT2D eigenvalue weighted by atomic mass is 15.2. The second-order valence-corrected chi connectivity index (χ2v) is 4.88. The van der Waals surface area contributed by atoms with Crippen LogP contribution < -0.4 is 5.32 Å². The van der Waals surface area contributed by atoms with Gasteiger partial charge in [-0.15, -0.1) is 0 Å². The SMILES string of the molecule is CNC(c1ccccc1)C(C)Cc1cnn(C)c1. The van der Waals surface area contributed by atoms with Crippen molar-refractivity contribution in [3.63, 3.8) is 0 Å². The molecule has 3 nitrogen and oxygen atoms in total. The van der Waals surface area contributed by atoms with E-state index in [0.29, 0.717) is 12.0 Å². The summed E-state index contributed by atoms with van der Waals surface area (Å²) in [5, 5.41) is 7.64. The molecule has 0 saturated carbocycles. The molecule has 0 saturated heterocycles. The third kappa shape index (κ3) is 2.99. The average Bonchev–Trinajstić information content (AvgIpc) is 2.77. The summed E-state index contributed by atoms with van der Waals surface area (Å²) >= 11 is 0. The molecule has 1 N–H and O–H groups in total. The molecule has 1 aromatic carbocycles. The molecule has 1 aromatic heterocycles. The Morgan fingerprint density at radius 2 is 2.00 bits per heavy atom. The quantitative estimate of drug-likeness (QED) is 0.874. The van der Waals surface area contributed by atoms with Crippen LogP contribution in [-0.4, -0.2) is 16.8 Å². The van der Waals surface area contributed by atoms with Crippen molar-refractivity contribution >= 4 is 0 Å². The Morgan fingerprint density at radius 1 is 1.28 bits per heavy atom. The number of hydrogen-bond donors (Lipinski definition) is 1. The van der Waals surface area contributed by atoms with E-state index in [2.05, 4.69) is 53.9 Å². The van der Waals surface area contributed by atoms with Crippen molar-refractivity contribution in [3.8, 4) is 0 Å². The predicted molar refractivity (Wildman–Crippen MR) is 74.3 cm³/mol. The van der Waals surface area contributed by atoms with Crippen molar-refractivity contribution < 1.29 is 0 Å². The second-order valence-electron chi connectivity index (χ2n) is 4.88. The lowest BCUT2D eigenvalue weighted by atomic mass is 9.90. The number of rotatable bonds is 5. The summed E-state index contributed by atoms with van der Waals surface area (Å²) in [6, 6.07) is 11.0. The maximum Gasteiger partial charge on any atom is 0.0521 e. The van der Waals surface area contributed by atoms with Gasteiger partial charge in [-0.3, -0.25) is 4.68 Å². The van der Waals surface area contributed by atoms with Crippen molar-refractivity contribution in [1.82, 2.24) is 15.1 Å². The van der Waals surface area contributed by atoms with Crippen molar-refractivity contribution in [2.24, 2.45) is 13.0 Å². The number of nitrogens with one attached hydrogen (secondary N) is 1. The van der Waals surface area contributed by atoms with E-state index in [1.807, 2.05) is 25.0 Å². The first kappa shape index (κ1) is 12.8. The Balaban J connectivity index is 2.08. The van der Waals surface area contributed by atoms with Crippen LogP contribution in [-0.2, 0) is 13.5 Å². The van der Waals surface area contributed by atoms with E-state index in [0.717, 1.165) is 6.42 Å². The highest BCUT2D eigenvalue weighted by molar-refractivity contribution is 5.20. The van der Waals surface area contributed by atoms with Gasteiger partial charge in [-0.25, -0.2) is 0 Å². The molecule has 0 radical (unpaired) electrons. The van der Waals surface area contributed by atoms with E-state index in [1.165, 1.54) is 11.1 Å². The van der Waals surface area contributed by atoms with Crippen molar-refractivity contribution in [3.05, 3.63) is 53.9 Å². The lowest BCUT2D eigenvalue weighted by Gasteiger charge is -2.23. The zero-order valence-electron chi connectivity index (χ0n) is 11.3. The summed E-state index contributed by atoms with van der Waals surface area (Å²) in [4.78, 5) is 0. The number of benzene rings is 1. The van der Waals surface area contributed by atoms with Crippen LogP contribution in [0.25, 0.3) is 0 Å². The first-order valence-corrected chi connectivity index (χ1v) is 6.40. The Bertz CT molecular complexity index is 475. The van der Waals surface area contributed by atoms with Crippen LogP contribution in [0.3, 0.4) is 0 Å². The zero-order valence-corrected chi connectivity index (χ0v) is 11.3. The molecule has 2 atom stereocenters. The van der Waals surface area contributed by atoms with E-state index in [-0.39, 0.29) is 0 Å².